The monoisotopic (exact) mass is 265 g/mol. The van der Waals surface area contributed by atoms with E-state index >= 15 is 0 Å². The van der Waals surface area contributed by atoms with E-state index in [0.717, 1.165) is 12.0 Å². The van der Waals surface area contributed by atoms with Crippen molar-refractivity contribution in [3.05, 3.63) is 29.8 Å². The molecule has 0 amide bonds. The van der Waals surface area contributed by atoms with Crippen molar-refractivity contribution in [2.45, 2.75) is 49.7 Å². The van der Waals surface area contributed by atoms with E-state index in [1.54, 1.807) is 12.1 Å². The van der Waals surface area contributed by atoms with E-state index in [9.17, 15) is 8.42 Å². The number of benzene rings is 1. The summed E-state index contributed by atoms with van der Waals surface area (Å²) in [7, 11) is -3.60. The zero-order valence-electron chi connectivity index (χ0n) is 11.3. The highest BCUT2D eigenvalue weighted by Gasteiger charge is 2.35. The van der Waals surface area contributed by atoms with Gasteiger partial charge in [0.05, 0.1) is 11.0 Å². The first-order valence-electron chi connectivity index (χ1n) is 6.02. The van der Waals surface area contributed by atoms with Gasteiger partial charge in [-0.15, -0.1) is 0 Å². The van der Waals surface area contributed by atoms with Crippen molar-refractivity contribution in [1.29, 1.82) is 5.26 Å². The van der Waals surface area contributed by atoms with Gasteiger partial charge >= 0.3 is 0 Å². The van der Waals surface area contributed by atoms with Crippen LogP contribution in [0.2, 0.25) is 0 Å². The van der Waals surface area contributed by atoms with Gasteiger partial charge in [0, 0.05) is 0 Å². The molecule has 0 aliphatic carbocycles. The van der Waals surface area contributed by atoms with Gasteiger partial charge < -0.3 is 0 Å². The predicted molar refractivity (Wildman–Crippen MR) is 72.0 cm³/mol. The lowest BCUT2D eigenvalue weighted by molar-refractivity contribution is 0.574. The molecule has 1 atom stereocenters. The molecule has 4 heteroatoms. The zero-order valence-corrected chi connectivity index (χ0v) is 12.1. The largest absolute Gasteiger partial charge is 0.222 e. The smallest absolute Gasteiger partial charge is 0.196 e. The Kier molecular flexibility index (Phi) is 4.18. The molecular formula is C14H19NO2S. The molecule has 0 aliphatic heterocycles. The Balaban J connectivity index is 3.19. The Labute approximate surface area is 109 Å². The molecule has 98 valence electrons. The summed E-state index contributed by atoms with van der Waals surface area (Å²) in [6.07, 6.45) is 1.01. The highest BCUT2D eigenvalue weighted by molar-refractivity contribution is 7.93. The highest BCUT2D eigenvalue weighted by atomic mass is 32.2. The summed E-state index contributed by atoms with van der Waals surface area (Å²) in [4.78, 5) is 0.209. The average molecular weight is 265 g/mol. The summed E-state index contributed by atoms with van der Waals surface area (Å²) >= 11 is 0. The van der Waals surface area contributed by atoms with Gasteiger partial charge in [-0.3, -0.25) is 0 Å². The molecule has 18 heavy (non-hydrogen) atoms. The molecule has 0 aromatic heterocycles. The van der Waals surface area contributed by atoms with Crippen LogP contribution in [-0.2, 0) is 9.84 Å². The van der Waals surface area contributed by atoms with Gasteiger partial charge in [0.25, 0.3) is 0 Å². The Morgan fingerprint density at radius 2 is 1.78 bits per heavy atom. The van der Waals surface area contributed by atoms with Crippen LogP contribution in [0.5, 0.6) is 0 Å². The quantitative estimate of drug-likeness (QED) is 0.839. The van der Waals surface area contributed by atoms with Crippen LogP contribution in [-0.4, -0.2) is 13.2 Å². The van der Waals surface area contributed by atoms with E-state index in [1.807, 2.05) is 18.2 Å². The van der Waals surface area contributed by atoms with Crippen LogP contribution in [0.3, 0.4) is 0 Å². The maximum absolute atomic E-state index is 12.2. The Bertz CT molecular complexity index is 550. The molecule has 1 aromatic rings. The minimum Gasteiger partial charge on any atom is -0.222 e. The summed E-state index contributed by atoms with van der Waals surface area (Å²) < 4.78 is 23.0. The fraction of sp³-hybridized carbons (Fsp3) is 0.500. The van der Waals surface area contributed by atoms with E-state index in [1.165, 1.54) is 13.8 Å². The van der Waals surface area contributed by atoms with Gasteiger partial charge in [-0.05, 0) is 43.9 Å². The molecule has 0 radical (unpaired) electrons. The van der Waals surface area contributed by atoms with Crippen molar-refractivity contribution < 1.29 is 8.42 Å². The van der Waals surface area contributed by atoms with Gasteiger partial charge in [0.15, 0.2) is 14.6 Å². The fourth-order valence-corrected chi connectivity index (χ4v) is 2.77. The predicted octanol–water partition coefficient (Wildman–Crippen LogP) is 3.28. The van der Waals surface area contributed by atoms with E-state index in [2.05, 4.69) is 13.8 Å². The number of rotatable bonds is 4. The lowest BCUT2D eigenvalue weighted by Gasteiger charge is -2.17. The second kappa shape index (κ2) is 5.11. The van der Waals surface area contributed by atoms with E-state index < -0.39 is 14.6 Å². The first kappa shape index (κ1) is 14.7. The van der Waals surface area contributed by atoms with E-state index in [0.29, 0.717) is 5.92 Å². The third-order valence-corrected chi connectivity index (χ3v) is 5.64. The van der Waals surface area contributed by atoms with Gasteiger partial charge in [0.1, 0.15) is 0 Å². The van der Waals surface area contributed by atoms with Crippen molar-refractivity contribution in [2.24, 2.45) is 0 Å². The highest BCUT2D eigenvalue weighted by Crippen LogP contribution is 2.26. The standard InChI is InChI=1S/C14H19NO2S/c1-5-11(2)12-6-8-13(9-7-12)18(16,17)14(3,4)10-15/h6-9,11H,5H2,1-4H3. The van der Waals surface area contributed by atoms with Gasteiger partial charge in [-0.1, -0.05) is 26.0 Å². The van der Waals surface area contributed by atoms with Gasteiger partial charge in [-0.25, -0.2) is 8.42 Å². The van der Waals surface area contributed by atoms with Gasteiger partial charge in [-0.2, -0.15) is 5.26 Å². The Hall–Kier alpha value is -1.34. The lowest BCUT2D eigenvalue weighted by atomic mass is 9.99. The Morgan fingerprint density at radius 1 is 1.28 bits per heavy atom. The lowest BCUT2D eigenvalue weighted by Crippen LogP contribution is -2.29. The molecule has 0 fully saturated rings. The van der Waals surface area contributed by atoms with Crippen molar-refractivity contribution in [1.82, 2.24) is 0 Å². The zero-order chi connectivity index (χ0) is 14.0. The summed E-state index contributed by atoms with van der Waals surface area (Å²) in [5.74, 6) is 0.408. The number of nitriles is 1. The van der Waals surface area contributed by atoms with Crippen molar-refractivity contribution in [3.8, 4) is 6.07 Å². The number of nitrogens with zero attached hydrogens (tertiary/aromatic N) is 1. The molecule has 0 heterocycles. The van der Waals surface area contributed by atoms with Crippen LogP contribution in [0, 0.1) is 11.3 Å². The summed E-state index contributed by atoms with van der Waals surface area (Å²) in [6, 6.07) is 8.68. The molecule has 0 N–H and O–H groups in total. The SMILES string of the molecule is CCC(C)c1ccc(S(=O)(=O)C(C)(C)C#N)cc1. The summed E-state index contributed by atoms with van der Waals surface area (Å²) in [6.45, 7) is 7.03. The van der Waals surface area contributed by atoms with Crippen LogP contribution >= 0.6 is 0 Å². The molecule has 1 unspecified atom stereocenters. The summed E-state index contributed by atoms with van der Waals surface area (Å²) in [5.41, 5.74) is 1.12. The second-order valence-corrected chi connectivity index (χ2v) is 7.50. The number of hydrogen-bond acceptors (Lipinski definition) is 3. The first-order chi connectivity index (χ1) is 8.26. The molecule has 0 saturated carbocycles. The van der Waals surface area contributed by atoms with E-state index in [4.69, 9.17) is 5.26 Å². The third-order valence-electron chi connectivity index (χ3n) is 3.31. The number of hydrogen-bond donors (Lipinski definition) is 0. The van der Waals surface area contributed by atoms with Crippen molar-refractivity contribution in [2.75, 3.05) is 0 Å². The van der Waals surface area contributed by atoms with Crippen LogP contribution in [0.1, 0.15) is 45.6 Å². The maximum atomic E-state index is 12.2. The minimum atomic E-state index is -3.60. The topological polar surface area (TPSA) is 57.9 Å². The van der Waals surface area contributed by atoms with Crippen molar-refractivity contribution >= 4 is 9.84 Å². The minimum absolute atomic E-state index is 0.209. The average Bonchev–Trinajstić information content (AvgIpc) is 2.37. The second-order valence-electron chi connectivity index (χ2n) is 5.00. The van der Waals surface area contributed by atoms with Crippen LogP contribution < -0.4 is 0 Å². The van der Waals surface area contributed by atoms with Crippen LogP contribution in [0.4, 0.5) is 0 Å². The van der Waals surface area contributed by atoms with E-state index in [-0.39, 0.29) is 4.90 Å². The maximum Gasteiger partial charge on any atom is 0.196 e. The normalized spacial score (nSPS) is 13.9. The molecule has 0 spiro atoms. The van der Waals surface area contributed by atoms with Crippen molar-refractivity contribution in [3.63, 3.8) is 0 Å². The number of sulfone groups is 1. The molecule has 0 saturated heterocycles. The van der Waals surface area contributed by atoms with Crippen LogP contribution in [0.25, 0.3) is 0 Å². The molecule has 3 nitrogen and oxygen atoms in total. The third kappa shape index (κ3) is 2.56. The summed E-state index contributed by atoms with van der Waals surface area (Å²) in [5, 5.41) is 8.94. The molecule has 1 rings (SSSR count). The molecule has 0 aliphatic rings. The van der Waals surface area contributed by atoms with Crippen LogP contribution in [0.15, 0.2) is 29.2 Å². The molecular weight excluding hydrogens is 246 g/mol. The molecule has 1 aromatic carbocycles. The Morgan fingerprint density at radius 3 is 2.17 bits per heavy atom. The van der Waals surface area contributed by atoms with Gasteiger partial charge in [0.2, 0.25) is 0 Å². The first-order valence-corrected chi connectivity index (χ1v) is 7.50. The molecule has 0 bridgehead atoms. The fourth-order valence-electron chi connectivity index (χ4n) is 1.57.